The number of hydrogen-bond acceptors (Lipinski definition) is 6. The molecule has 1 saturated heterocycles. The van der Waals surface area contributed by atoms with Crippen molar-refractivity contribution in [1.82, 2.24) is 4.90 Å². The smallest absolute Gasteiger partial charge is 0.216 e. The molecule has 0 aromatic heterocycles. The highest BCUT2D eigenvalue weighted by atomic mass is 32.2. The zero-order chi connectivity index (χ0) is 20.0. The summed E-state index contributed by atoms with van der Waals surface area (Å²) in [6.45, 7) is 3.71. The van der Waals surface area contributed by atoms with E-state index in [1.54, 1.807) is 37.4 Å². The van der Waals surface area contributed by atoms with Crippen LogP contribution in [0.15, 0.2) is 58.3 Å². The summed E-state index contributed by atoms with van der Waals surface area (Å²) in [6, 6.07) is 15.2. The molecule has 2 aromatic carbocycles. The molecule has 1 fully saturated rings. The fourth-order valence-corrected chi connectivity index (χ4v) is 4.24. The number of rotatable bonds is 6. The van der Waals surface area contributed by atoms with Gasteiger partial charge in [-0.1, -0.05) is 24.3 Å². The van der Waals surface area contributed by atoms with Crippen molar-refractivity contribution in [2.45, 2.75) is 11.4 Å². The van der Waals surface area contributed by atoms with E-state index in [2.05, 4.69) is 4.90 Å². The molecule has 28 heavy (non-hydrogen) atoms. The Labute approximate surface area is 165 Å². The Kier molecular flexibility index (Phi) is 6.47. The van der Waals surface area contributed by atoms with E-state index < -0.39 is 9.84 Å². The van der Waals surface area contributed by atoms with Crippen molar-refractivity contribution in [2.24, 2.45) is 0 Å². The zero-order valence-corrected chi connectivity index (χ0v) is 16.5. The predicted molar refractivity (Wildman–Crippen MR) is 106 cm³/mol. The summed E-state index contributed by atoms with van der Waals surface area (Å²) >= 11 is 0. The third kappa shape index (κ3) is 4.60. The van der Waals surface area contributed by atoms with E-state index in [1.165, 1.54) is 18.2 Å². The average Bonchev–Trinajstić information content (AvgIpc) is 2.73. The molecule has 0 unspecified atom stereocenters. The quantitative estimate of drug-likeness (QED) is 0.696. The van der Waals surface area contributed by atoms with E-state index in [9.17, 15) is 13.7 Å². The molecule has 2 aromatic rings. The predicted octanol–water partition coefficient (Wildman–Crippen LogP) is 2.87. The average molecular weight is 398 g/mol. The molecule has 1 aliphatic heterocycles. The normalized spacial score (nSPS) is 15.8. The fraction of sp³-hybridized carbons (Fsp3) is 0.286. The summed E-state index contributed by atoms with van der Waals surface area (Å²) in [4.78, 5) is 2.06. The molecule has 0 saturated carbocycles. The van der Waals surface area contributed by atoms with Gasteiger partial charge in [-0.2, -0.15) is 5.26 Å². The molecule has 0 spiro atoms. The SMILES string of the molecule is COc1ccc(/C=C(/C#N)S(=O)(=O)c2ccccc2)cc1CN1CCOCC1. The van der Waals surface area contributed by atoms with Crippen molar-refractivity contribution >= 4 is 15.9 Å². The van der Waals surface area contributed by atoms with E-state index >= 15 is 0 Å². The Morgan fingerprint density at radius 2 is 1.93 bits per heavy atom. The Bertz CT molecular complexity index is 989. The fourth-order valence-electron chi connectivity index (χ4n) is 3.06. The number of nitriles is 1. The van der Waals surface area contributed by atoms with Crippen molar-refractivity contribution in [3.05, 3.63) is 64.6 Å². The largest absolute Gasteiger partial charge is 0.496 e. The van der Waals surface area contributed by atoms with Crippen molar-refractivity contribution < 1.29 is 17.9 Å². The standard InChI is InChI=1S/C21H22N2O4S/c1-26-21-8-7-17(13-18(21)16-23-9-11-27-12-10-23)14-20(15-22)28(24,25)19-5-3-2-4-6-19/h2-8,13-14H,9-12,16H2,1H3/b20-14-. The Hall–Kier alpha value is -2.66. The molecule has 0 radical (unpaired) electrons. The third-order valence-electron chi connectivity index (χ3n) is 4.55. The van der Waals surface area contributed by atoms with Crippen LogP contribution in [-0.2, 0) is 21.1 Å². The van der Waals surface area contributed by atoms with Gasteiger partial charge in [0.15, 0.2) is 0 Å². The van der Waals surface area contributed by atoms with E-state index in [0.29, 0.717) is 25.3 Å². The van der Waals surface area contributed by atoms with Gasteiger partial charge in [0.1, 0.15) is 16.7 Å². The van der Waals surface area contributed by atoms with Crippen LogP contribution in [0, 0.1) is 11.3 Å². The molecule has 6 nitrogen and oxygen atoms in total. The number of sulfone groups is 1. The van der Waals surface area contributed by atoms with Gasteiger partial charge in [0, 0.05) is 25.2 Å². The minimum atomic E-state index is -3.86. The summed E-state index contributed by atoms with van der Waals surface area (Å²) in [6.07, 6.45) is 1.41. The molecular formula is C21H22N2O4S. The highest BCUT2D eigenvalue weighted by Gasteiger charge is 2.21. The number of morpholine rings is 1. The lowest BCUT2D eigenvalue weighted by atomic mass is 10.1. The van der Waals surface area contributed by atoms with Crippen LogP contribution >= 0.6 is 0 Å². The Balaban J connectivity index is 1.93. The van der Waals surface area contributed by atoms with Crippen LogP contribution < -0.4 is 4.74 Å². The first kappa shape index (κ1) is 20.1. The second kappa shape index (κ2) is 9.02. The lowest BCUT2D eigenvalue weighted by Crippen LogP contribution is -2.35. The van der Waals surface area contributed by atoms with Crippen LogP contribution in [0.25, 0.3) is 6.08 Å². The van der Waals surface area contributed by atoms with E-state index in [1.807, 2.05) is 12.1 Å². The molecule has 146 valence electrons. The molecule has 0 bridgehead atoms. The van der Waals surface area contributed by atoms with Gasteiger partial charge in [-0.05, 0) is 35.9 Å². The number of methoxy groups -OCH3 is 1. The van der Waals surface area contributed by atoms with Crippen LogP contribution in [-0.4, -0.2) is 46.7 Å². The number of nitrogens with zero attached hydrogens (tertiary/aromatic N) is 2. The van der Waals surface area contributed by atoms with E-state index in [4.69, 9.17) is 9.47 Å². The molecular weight excluding hydrogens is 376 g/mol. The van der Waals surface area contributed by atoms with Gasteiger partial charge in [0.2, 0.25) is 9.84 Å². The number of ether oxygens (including phenoxy) is 2. The van der Waals surface area contributed by atoms with Gasteiger partial charge >= 0.3 is 0 Å². The summed E-state index contributed by atoms with van der Waals surface area (Å²) in [5, 5.41) is 9.47. The van der Waals surface area contributed by atoms with Crippen molar-refractivity contribution in [1.29, 1.82) is 5.26 Å². The second-order valence-electron chi connectivity index (χ2n) is 6.40. The molecule has 0 N–H and O–H groups in total. The minimum absolute atomic E-state index is 0.102. The van der Waals surface area contributed by atoms with E-state index in [0.717, 1.165) is 24.4 Å². The summed E-state index contributed by atoms with van der Waals surface area (Å²) in [5.74, 6) is 0.730. The highest BCUT2D eigenvalue weighted by Crippen LogP contribution is 2.26. The molecule has 0 amide bonds. The highest BCUT2D eigenvalue weighted by molar-refractivity contribution is 7.95. The van der Waals surface area contributed by atoms with Gasteiger partial charge in [-0.25, -0.2) is 8.42 Å². The van der Waals surface area contributed by atoms with Crippen molar-refractivity contribution in [3.63, 3.8) is 0 Å². The topological polar surface area (TPSA) is 79.6 Å². The lowest BCUT2D eigenvalue weighted by Gasteiger charge is -2.27. The molecule has 0 atom stereocenters. The number of allylic oxidation sites excluding steroid dienone is 1. The van der Waals surface area contributed by atoms with Gasteiger partial charge in [-0.15, -0.1) is 0 Å². The van der Waals surface area contributed by atoms with Crippen LogP contribution in [0.3, 0.4) is 0 Å². The Morgan fingerprint density at radius 3 is 2.57 bits per heavy atom. The van der Waals surface area contributed by atoms with Crippen LogP contribution in [0.5, 0.6) is 5.75 Å². The monoisotopic (exact) mass is 398 g/mol. The van der Waals surface area contributed by atoms with Crippen molar-refractivity contribution in [2.75, 3.05) is 33.4 Å². The lowest BCUT2D eigenvalue weighted by molar-refractivity contribution is 0.0339. The third-order valence-corrected chi connectivity index (χ3v) is 6.23. The van der Waals surface area contributed by atoms with Crippen LogP contribution in [0.4, 0.5) is 0 Å². The van der Waals surface area contributed by atoms with Crippen LogP contribution in [0.1, 0.15) is 11.1 Å². The molecule has 3 rings (SSSR count). The maximum Gasteiger partial charge on any atom is 0.216 e. The van der Waals surface area contributed by atoms with Gasteiger partial charge < -0.3 is 9.47 Å². The van der Waals surface area contributed by atoms with Gasteiger partial charge in [0.25, 0.3) is 0 Å². The molecule has 1 aliphatic rings. The van der Waals surface area contributed by atoms with E-state index in [-0.39, 0.29) is 9.80 Å². The van der Waals surface area contributed by atoms with Gasteiger partial charge in [0.05, 0.1) is 25.2 Å². The Morgan fingerprint density at radius 1 is 1.21 bits per heavy atom. The first-order valence-electron chi connectivity index (χ1n) is 8.93. The second-order valence-corrected chi connectivity index (χ2v) is 8.31. The first-order valence-corrected chi connectivity index (χ1v) is 10.4. The molecule has 7 heteroatoms. The number of benzene rings is 2. The molecule has 1 heterocycles. The minimum Gasteiger partial charge on any atom is -0.496 e. The maximum absolute atomic E-state index is 12.8. The van der Waals surface area contributed by atoms with Crippen LogP contribution in [0.2, 0.25) is 0 Å². The maximum atomic E-state index is 12.8. The summed E-state index contributed by atoms with van der Waals surface area (Å²) in [5.41, 5.74) is 1.58. The van der Waals surface area contributed by atoms with Crippen molar-refractivity contribution in [3.8, 4) is 11.8 Å². The summed E-state index contributed by atoms with van der Waals surface area (Å²) in [7, 11) is -2.26. The van der Waals surface area contributed by atoms with Gasteiger partial charge in [-0.3, -0.25) is 4.90 Å². The first-order chi connectivity index (χ1) is 13.5. The summed E-state index contributed by atoms with van der Waals surface area (Å²) < 4.78 is 36.3. The zero-order valence-electron chi connectivity index (χ0n) is 15.7. The number of hydrogen-bond donors (Lipinski definition) is 0. The molecule has 0 aliphatic carbocycles.